The molecule has 0 bridgehead atoms. The number of sulfonamides is 1. The first-order valence-corrected chi connectivity index (χ1v) is 8.11. The van der Waals surface area contributed by atoms with Gasteiger partial charge in [-0.2, -0.15) is 0 Å². The van der Waals surface area contributed by atoms with E-state index in [9.17, 15) is 17.6 Å². The molecule has 1 aliphatic rings. The summed E-state index contributed by atoms with van der Waals surface area (Å²) in [7, 11) is -3.98. The Bertz CT molecular complexity index is 627. The second-order valence-corrected chi connectivity index (χ2v) is 6.52. The normalized spacial score (nSPS) is 18.7. The fourth-order valence-electron chi connectivity index (χ4n) is 2.15. The van der Waals surface area contributed by atoms with E-state index in [2.05, 4.69) is 5.32 Å². The monoisotopic (exact) mass is 316 g/mol. The van der Waals surface area contributed by atoms with Crippen molar-refractivity contribution in [3.8, 4) is 0 Å². The first-order chi connectivity index (χ1) is 9.88. The van der Waals surface area contributed by atoms with Crippen LogP contribution in [0, 0.1) is 11.7 Å². The summed E-state index contributed by atoms with van der Waals surface area (Å²) in [6.07, 6.45) is 1.73. The first-order valence-electron chi connectivity index (χ1n) is 6.56. The fraction of sp³-hybridized carbons (Fsp3) is 0.462. The van der Waals surface area contributed by atoms with E-state index in [1.165, 1.54) is 0 Å². The lowest BCUT2D eigenvalue weighted by atomic mass is 10.1. The number of rotatable bonds is 5. The van der Waals surface area contributed by atoms with Crippen LogP contribution in [0.3, 0.4) is 0 Å². The molecule has 1 saturated heterocycles. The molecule has 8 heteroatoms. The van der Waals surface area contributed by atoms with Crippen molar-refractivity contribution in [3.63, 3.8) is 0 Å². The minimum absolute atomic E-state index is 0.204. The third kappa shape index (κ3) is 4.23. The molecule has 0 aromatic heterocycles. The fourth-order valence-corrected chi connectivity index (χ4v) is 2.68. The van der Waals surface area contributed by atoms with Crippen LogP contribution in [-0.4, -0.2) is 34.1 Å². The topological polar surface area (TPSA) is 98.5 Å². The molecule has 0 radical (unpaired) electrons. The van der Waals surface area contributed by atoms with Crippen LogP contribution in [0.2, 0.25) is 0 Å². The maximum absolute atomic E-state index is 13.8. The SMILES string of the molecule is NS(=O)(=O)c1ccc(C(=O)NCCC2CCOC2)c(F)c1. The Hall–Kier alpha value is -1.51. The van der Waals surface area contributed by atoms with E-state index < -0.39 is 21.7 Å². The quantitative estimate of drug-likeness (QED) is 0.832. The van der Waals surface area contributed by atoms with Crippen LogP contribution >= 0.6 is 0 Å². The second kappa shape index (κ2) is 6.50. The maximum Gasteiger partial charge on any atom is 0.254 e. The summed E-state index contributed by atoms with van der Waals surface area (Å²) in [4.78, 5) is 11.5. The number of carbonyl (C=O) groups is 1. The largest absolute Gasteiger partial charge is 0.381 e. The van der Waals surface area contributed by atoms with Gasteiger partial charge in [0.2, 0.25) is 10.0 Å². The van der Waals surface area contributed by atoms with Gasteiger partial charge in [-0.05, 0) is 37.0 Å². The van der Waals surface area contributed by atoms with Crippen molar-refractivity contribution in [3.05, 3.63) is 29.6 Å². The molecule has 1 unspecified atom stereocenters. The average molecular weight is 316 g/mol. The molecule has 6 nitrogen and oxygen atoms in total. The van der Waals surface area contributed by atoms with Gasteiger partial charge >= 0.3 is 0 Å². The van der Waals surface area contributed by atoms with Crippen LogP contribution in [0.5, 0.6) is 0 Å². The Balaban J connectivity index is 1.95. The summed E-state index contributed by atoms with van der Waals surface area (Å²) in [5, 5.41) is 7.50. The molecule has 1 aliphatic heterocycles. The summed E-state index contributed by atoms with van der Waals surface area (Å²) in [6, 6.07) is 2.97. The molecular weight excluding hydrogens is 299 g/mol. The summed E-state index contributed by atoms with van der Waals surface area (Å²) in [5.74, 6) is -1.07. The van der Waals surface area contributed by atoms with Gasteiger partial charge in [0.05, 0.1) is 10.5 Å². The van der Waals surface area contributed by atoms with Crippen LogP contribution in [0.15, 0.2) is 23.1 Å². The van der Waals surface area contributed by atoms with Crippen molar-refractivity contribution in [1.82, 2.24) is 5.32 Å². The standard InChI is InChI=1S/C13H17FN2O4S/c14-12-7-10(21(15,18)19)1-2-11(12)13(17)16-5-3-9-4-6-20-8-9/h1-2,7,9H,3-6,8H2,(H,16,17)(H2,15,18,19). The second-order valence-electron chi connectivity index (χ2n) is 4.96. The van der Waals surface area contributed by atoms with Crippen LogP contribution < -0.4 is 10.5 Å². The highest BCUT2D eigenvalue weighted by molar-refractivity contribution is 7.89. The molecule has 3 N–H and O–H groups in total. The van der Waals surface area contributed by atoms with Gasteiger partial charge in [0, 0.05) is 19.8 Å². The van der Waals surface area contributed by atoms with E-state index in [4.69, 9.17) is 9.88 Å². The Labute approximate surface area is 122 Å². The number of primary sulfonamides is 1. The van der Waals surface area contributed by atoms with Gasteiger partial charge in [0.25, 0.3) is 5.91 Å². The lowest BCUT2D eigenvalue weighted by Gasteiger charge is -2.09. The van der Waals surface area contributed by atoms with Crippen molar-refractivity contribution < 1.29 is 22.3 Å². The van der Waals surface area contributed by atoms with Crippen molar-refractivity contribution in [2.24, 2.45) is 11.1 Å². The smallest absolute Gasteiger partial charge is 0.254 e. The minimum atomic E-state index is -3.98. The molecule has 1 heterocycles. The van der Waals surface area contributed by atoms with Gasteiger partial charge in [0.1, 0.15) is 5.82 Å². The molecule has 2 rings (SSSR count). The van der Waals surface area contributed by atoms with Gasteiger partial charge in [-0.25, -0.2) is 17.9 Å². The highest BCUT2D eigenvalue weighted by atomic mass is 32.2. The van der Waals surface area contributed by atoms with E-state index in [-0.39, 0.29) is 10.5 Å². The highest BCUT2D eigenvalue weighted by Gasteiger charge is 2.18. The third-order valence-corrected chi connectivity index (χ3v) is 4.29. The van der Waals surface area contributed by atoms with Gasteiger partial charge in [-0.3, -0.25) is 4.79 Å². The molecule has 1 aromatic carbocycles. The molecular formula is C13H17FN2O4S. The number of ether oxygens (including phenoxy) is 1. The van der Waals surface area contributed by atoms with E-state index >= 15 is 0 Å². The van der Waals surface area contributed by atoms with Gasteiger partial charge in [0.15, 0.2) is 0 Å². The van der Waals surface area contributed by atoms with Gasteiger partial charge in [-0.15, -0.1) is 0 Å². The summed E-state index contributed by atoms with van der Waals surface area (Å²) < 4.78 is 41.1. The van der Waals surface area contributed by atoms with Gasteiger partial charge < -0.3 is 10.1 Å². The molecule has 1 fully saturated rings. The summed E-state index contributed by atoms with van der Waals surface area (Å²) >= 11 is 0. The first kappa shape index (κ1) is 15.9. The van der Waals surface area contributed by atoms with Crippen molar-refractivity contribution in [1.29, 1.82) is 0 Å². The number of benzene rings is 1. The molecule has 0 aliphatic carbocycles. The number of nitrogens with two attached hydrogens (primary N) is 1. The van der Waals surface area contributed by atoms with Crippen molar-refractivity contribution in [2.75, 3.05) is 19.8 Å². The molecule has 0 saturated carbocycles. The van der Waals surface area contributed by atoms with Gasteiger partial charge in [-0.1, -0.05) is 0 Å². The lowest BCUT2D eigenvalue weighted by molar-refractivity contribution is 0.0946. The minimum Gasteiger partial charge on any atom is -0.381 e. The zero-order valence-corrected chi connectivity index (χ0v) is 12.2. The Morgan fingerprint density at radius 1 is 1.48 bits per heavy atom. The van der Waals surface area contributed by atoms with Crippen LogP contribution in [0.25, 0.3) is 0 Å². The van der Waals surface area contributed by atoms with E-state index in [1.807, 2.05) is 0 Å². The Morgan fingerprint density at radius 2 is 2.24 bits per heavy atom. The Morgan fingerprint density at radius 3 is 2.81 bits per heavy atom. The number of carbonyl (C=O) groups excluding carboxylic acids is 1. The van der Waals surface area contributed by atoms with E-state index in [0.717, 1.165) is 37.6 Å². The van der Waals surface area contributed by atoms with Crippen molar-refractivity contribution in [2.45, 2.75) is 17.7 Å². The van der Waals surface area contributed by atoms with Crippen LogP contribution in [-0.2, 0) is 14.8 Å². The number of nitrogens with one attached hydrogen (secondary N) is 1. The molecule has 0 spiro atoms. The highest BCUT2D eigenvalue weighted by Crippen LogP contribution is 2.16. The molecule has 116 valence electrons. The van der Waals surface area contributed by atoms with E-state index in [1.54, 1.807) is 0 Å². The predicted molar refractivity (Wildman–Crippen MR) is 73.6 cm³/mol. The van der Waals surface area contributed by atoms with Crippen LogP contribution in [0.4, 0.5) is 4.39 Å². The number of hydrogen-bond donors (Lipinski definition) is 2. The Kier molecular flexibility index (Phi) is 4.92. The average Bonchev–Trinajstić information content (AvgIpc) is 2.90. The van der Waals surface area contributed by atoms with Crippen LogP contribution in [0.1, 0.15) is 23.2 Å². The molecule has 21 heavy (non-hydrogen) atoms. The third-order valence-electron chi connectivity index (χ3n) is 3.38. The number of hydrogen-bond acceptors (Lipinski definition) is 4. The lowest BCUT2D eigenvalue weighted by Crippen LogP contribution is -2.27. The number of halogens is 1. The molecule has 1 atom stereocenters. The zero-order chi connectivity index (χ0) is 15.5. The summed E-state index contributed by atoms with van der Waals surface area (Å²) in [5.41, 5.74) is -0.204. The maximum atomic E-state index is 13.8. The van der Waals surface area contributed by atoms with E-state index in [0.29, 0.717) is 19.1 Å². The number of amides is 1. The van der Waals surface area contributed by atoms with Crippen molar-refractivity contribution >= 4 is 15.9 Å². The summed E-state index contributed by atoms with van der Waals surface area (Å²) in [6.45, 7) is 1.85. The molecule has 1 aromatic rings. The predicted octanol–water partition coefficient (Wildman–Crippen LogP) is 0.629. The zero-order valence-electron chi connectivity index (χ0n) is 11.3. The molecule has 1 amide bonds.